The first-order valence-electron chi connectivity index (χ1n) is 10.0. The quantitative estimate of drug-likeness (QED) is 0.301. The molecule has 0 saturated carbocycles. The number of esters is 1. The van der Waals surface area contributed by atoms with Crippen molar-refractivity contribution < 1.29 is 14.3 Å². The molecule has 0 aromatic carbocycles. The van der Waals surface area contributed by atoms with E-state index in [0.717, 1.165) is 44.9 Å². The topological polar surface area (TPSA) is 55.4 Å². The molecule has 0 unspecified atom stereocenters. The summed E-state index contributed by atoms with van der Waals surface area (Å²) >= 11 is 0. The van der Waals surface area contributed by atoms with Gasteiger partial charge >= 0.3 is 5.97 Å². The molecule has 1 N–H and O–H groups in total. The predicted octanol–water partition coefficient (Wildman–Crippen LogP) is 4.37. The molecule has 4 nitrogen and oxygen atoms in total. The van der Waals surface area contributed by atoms with Gasteiger partial charge in [-0.15, -0.1) is 0 Å². The zero-order valence-electron chi connectivity index (χ0n) is 16.8. The number of unbranched alkanes of at least 4 members (excludes halogenated alkanes) is 8. The van der Waals surface area contributed by atoms with E-state index in [-0.39, 0.29) is 11.9 Å². The average molecular weight is 362 g/mol. The second-order valence-corrected chi connectivity index (χ2v) is 6.37. The van der Waals surface area contributed by atoms with Gasteiger partial charge in [0, 0.05) is 19.3 Å². The van der Waals surface area contributed by atoms with Crippen LogP contribution in [0.2, 0.25) is 0 Å². The largest absolute Gasteiger partial charge is 0.464 e. The van der Waals surface area contributed by atoms with Gasteiger partial charge in [-0.2, -0.15) is 0 Å². The first kappa shape index (κ1) is 24.1. The summed E-state index contributed by atoms with van der Waals surface area (Å²) in [7, 11) is 0. The number of rotatable bonds is 13. The lowest BCUT2D eigenvalue weighted by Gasteiger charge is -2.12. The fourth-order valence-corrected chi connectivity index (χ4v) is 2.32. The Hall–Kier alpha value is -1.94. The molecular weight excluding hydrogens is 326 g/mol. The van der Waals surface area contributed by atoms with Gasteiger partial charge in [0.15, 0.2) is 0 Å². The van der Waals surface area contributed by atoms with Crippen LogP contribution < -0.4 is 5.32 Å². The normalized spacial score (nSPS) is 10.7. The highest BCUT2D eigenvalue weighted by atomic mass is 16.5. The summed E-state index contributed by atoms with van der Waals surface area (Å²) in [6.07, 6.45) is 11.1. The minimum Gasteiger partial charge on any atom is -0.464 e. The van der Waals surface area contributed by atoms with Crippen molar-refractivity contribution in [3.05, 3.63) is 0 Å². The van der Waals surface area contributed by atoms with Crippen molar-refractivity contribution >= 4 is 11.9 Å². The van der Waals surface area contributed by atoms with Crippen LogP contribution in [0.5, 0.6) is 0 Å². The molecule has 1 atom stereocenters. The van der Waals surface area contributed by atoms with Crippen molar-refractivity contribution in [2.24, 2.45) is 0 Å². The van der Waals surface area contributed by atoms with Crippen LogP contribution in [0.15, 0.2) is 0 Å². The maximum Gasteiger partial charge on any atom is 0.328 e. The number of ether oxygens (including phenoxy) is 1. The molecule has 0 aliphatic heterocycles. The Labute approximate surface area is 159 Å². The zero-order chi connectivity index (χ0) is 19.5. The lowest BCUT2D eigenvalue weighted by atomic mass is 10.1. The summed E-state index contributed by atoms with van der Waals surface area (Å²) in [6.45, 7) is 5.89. The summed E-state index contributed by atoms with van der Waals surface area (Å²) in [4.78, 5) is 23.2. The number of hydrogen-bond donors (Lipinski definition) is 1. The van der Waals surface area contributed by atoms with E-state index < -0.39 is 6.04 Å². The number of nitrogens with one attached hydrogen (secondary N) is 1. The van der Waals surface area contributed by atoms with Crippen molar-refractivity contribution in [2.75, 3.05) is 6.61 Å². The Kier molecular flexibility index (Phi) is 16.5. The van der Waals surface area contributed by atoms with Crippen LogP contribution in [0.4, 0.5) is 0 Å². The highest BCUT2D eigenvalue weighted by molar-refractivity contribution is 5.84. The molecule has 0 bridgehead atoms. The summed E-state index contributed by atoms with van der Waals surface area (Å²) in [5.74, 6) is 11.5. The molecule has 0 aliphatic rings. The van der Waals surface area contributed by atoms with Gasteiger partial charge in [0.2, 0.25) is 5.91 Å². The lowest BCUT2D eigenvalue weighted by molar-refractivity contribution is -0.146. The second kappa shape index (κ2) is 17.9. The number of amides is 1. The molecule has 0 fully saturated rings. The van der Waals surface area contributed by atoms with Crippen LogP contribution >= 0.6 is 0 Å². The third-order valence-electron chi connectivity index (χ3n) is 3.87. The molecule has 0 saturated heterocycles. The van der Waals surface area contributed by atoms with Gasteiger partial charge in [-0.25, -0.2) is 4.79 Å². The third-order valence-corrected chi connectivity index (χ3v) is 3.87. The van der Waals surface area contributed by atoms with Gasteiger partial charge < -0.3 is 10.1 Å². The van der Waals surface area contributed by atoms with Crippen molar-refractivity contribution in [1.82, 2.24) is 5.32 Å². The van der Waals surface area contributed by atoms with E-state index in [9.17, 15) is 9.59 Å². The van der Waals surface area contributed by atoms with Gasteiger partial charge in [-0.1, -0.05) is 50.9 Å². The van der Waals surface area contributed by atoms with E-state index >= 15 is 0 Å². The van der Waals surface area contributed by atoms with Gasteiger partial charge in [-0.05, 0) is 45.0 Å². The number of carbonyl (C=O) groups is 2. The van der Waals surface area contributed by atoms with Crippen molar-refractivity contribution in [3.63, 3.8) is 0 Å². The first-order chi connectivity index (χ1) is 12.6. The van der Waals surface area contributed by atoms with Crippen LogP contribution in [0, 0.1) is 23.7 Å². The monoisotopic (exact) mass is 361 g/mol. The minimum absolute atomic E-state index is 0.0825. The number of carbonyl (C=O) groups excluding carboxylic acids is 2. The zero-order valence-corrected chi connectivity index (χ0v) is 16.8. The summed E-state index contributed by atoms with van der Waals surface area (Å²) < 4.78 is 4.86. The van der Waals surface area contributed by atoms with Crippen molar-refractivity contribution in [2.45, 2.75) is 97.4 Å². The van der Waals surface area contributed by atoms with Gasteiger partial charge in [-0.3, -0.25) is 4.79 Å². The van der Waals surface area contributed by atoms with Crippen LogP contribution in [-0.4, -0.2) is 24.5 Å². The molecule has 0 rings (SSSR count). The van der Waals surface area contributed by atoms with Crippen LogP contribution in [-0.2, 0) is 14.3 Å². The van der Waals surface area contributed by atoms with Crippen LogP contribution in [0.1, 0.15) is 91.4 Å². The summed E-state index contributed by atoms with van der Waals surface area (Å²) in [5.41, 5.74) is 0. The molecule has 0 radical (unpaired) electrons. The van der Waals surface area contributed by atoms with Crippen molar-refractivity contribution in [3.8, 4) is 23.7 Å². The highest BCUT2D eigenvalue weighted by Gasteiger charge is 2.15. The van der Waals surface area contributed by atoms with Crippen LogP contribution in [0.25, 0.3) is 0 Å². The summed E-state index contributed by atoms with van der Waals surface area (Å²) in [6, 6.07) is -0.570. The molecular formula is C22H35NO3. The predicted molar refractivity (Wildman–Crippen MR) is 106 cm³/mol. The fourth-order valence-electron chi connectivity index (χ4n) is 2.32. The van der Waals surface area contributed by atoms with Gasteiger partial charge in [0.05, 0.1) is 6.61 Å². The van der Waals surface area contributed by atoms with Crippen molar-refractivity contribution in [1.29, 1.82) is 0 Å². The van der Waals surface area contributed by atoms with Gasteiger partial charge in [0.25, 0.3) is 0 Å². The molecule has 26 heavy (non-hydrogen) atoms. The van der Waals surface area contributed by atoms with E-state index in [2.05, 4.69) is 35.9 Å². The average Bonchev–Trinajstić information content (AvgIpc) is 2.62. The molecule has 0 aromatic rings. The Morgan fingerprint density at radius 1 is 0.885 bits per heavy atom. The van der Waals surface area contributed by atoms with E-state index in [1.165, 1.54) is 19.3 Å². The lowest BCUT2D eigenvalue weighted by Crippen LogP contribution is -2.39. The van der Waals surface area contributed by atoms with Gasteiger partial charge in [0.1, 0.15) is 6.04 Å². The Bertz CT molecular complexity index is 505. The molecule has 1 amide bonds. The summed E-state index contributed by atoms with van der Waals surface area (Å²) in [5, 5.41) is 2.67. The fraction of sp³-hybridized carbons (Fsp3) is 0.727. The van der Waals surface area contributed by atoms with E-state index in [1.807, 2.05) is 0 Å². The molecule has 0 heterocycles. The number of hydrogen-bond acceptors (Lipinski definition) is 3. The van der Waals surface area contributed by atoms with E-state index in [1.54, 1.807) is 13.8 Å². The maximum atomic E-state index is 11.7. The maximum absolute atomic E-state index is 11.7. The highest BCUT2D eigenvalue weighted by Crippen LogP contribution is 2.08. The third kappa shape index (κ3) is 15.6. The van der Waals surface area contributed by atoms with Crippen LogP contribution in [0.3, 0.4) is 0 Å². The molecule has 0 aliphatic carbocycles. The minimum atomic E-state index is -0.570. The smallest absolute Gasteiger partial charge is 0.328 e. The Balaban J connectivity index is 3.50. The Morgan fingerprint density at radius 3 is 2.08 bits per heavy atom. The SMILES string of the molecule is CCCCC#CC#CCCCCCCCCC(=O)N[C@H](C)C(=O)OCC. The first-order valence-corrected chi connectivity index (χ1v) is 10.0. The van der Waals surface area contributed by atoms with E-state index in [0.29, 0.717) is 13.0 Å². The molecule has 0 spiro atoms. The second-order valence-electron chi connectivity index (χ2n) is 6.37. The standard InChI is InChI=1S/C22H35NO3/c1-4-6-7-8-9-10-11-12-13-14-15-16-17-18-19-21(24)23-20(3)22(25)26-5-2/h20H,4-7,12-19H2,1-3H3,(H,23,24)/t20-/m1/s1. The Morgan fingerprint density at radius 2 is 1.46 bits per heavy atom. The van der Waals surface area contributed by atoms with E-state index in [4.69, 9.17) is 4.74 Å². The molecule has 146 valence electrons. The molecule has 0 aromatic heterocycles. The molecule has 4 heteroatoms.